The van der Waals surface area contributed by atoms with Crippen LogP contribution in [-0.2, 0) is 4.79 Å². The van der Waals surface area contributed by atoms with E-state index in [4.69, 9.17) is 0 Å². The number of halogens is 2. The van der Waals surface area contributed by atoms with E-state index in [9.17, 15) is 13.6 Å². The van der Waals surface area contributed by atoms with Crippen molar-refractivity contribution >= 4 is 23.4 Å². The number of para-hydroxylation sites is 1. The lowest BCUT2D eigenvalue weighted by atomic mass is 10.3. The zero-order valence-electron chi connectivity index (χ0n) is 10.6. The van der Waals surface area contributed by atoms with E-state index in [1.807, 2.05) is 30.3 Å². The summed E-state index contributed by atoms with van der Waals surface area (Å²) >= 11 is 1.52. The molecule has 0 bridgehead atoms. The van der Waals surface area contributed by atoms with Gasteiger partial charge in [-0.3, -0.25) is 4.79 Å². The summed E-state index contributed by atoms with van der Waals surface area (Å²) in [5.74, 6) is -1.40. The first kappa shape index (κ1) is 14.5. The first-order valence-corrected chi connectivity index (χ1v) is 7.07. The average Bonchev–Trinajstić information content (AvgIpc) is 2.44. The monoisotopic (exact) mass is 293 g/mol. The highest BCUT2D eigenvalue weighted by atomic mass is 32.2. The van der Waals surface area contributed by atoms with Crippen LogP contribution in [0.1, 0.15) is 6.42 Å². The van der Waals surface area contributed by atoms with Crippen molar-refractivity contribution < 1.29 is 13.6 Å². The van der Waals surface area contributed by atoms with Gasteiger partial charge in [-0.05, 0) is 24.3 Å². The number of hydrogen-bond donors (Lipinski definition) is 1. The van der Waals surface area contributed by atoms with Crippen LogP contribution in [-0.4, -0.2) is 11.7 Å². The molecule has 2 aromatic rings. The first-order valence-electron chi connectivity index (χ1n) is 6.08. The van der Waals surface area contributed by atoms with Crippen LogP contribution in [0.5, 0.6) is 0 Å². The second-order valence-corrected chi connectivity index (χ2v) is 5.22. The summed E-state index contributed by atoms with van der Waals surface area (Å²) in [7, 11) is 0. The van der Waals surface area contributed by atoms with Gasteiger partial charge in [-0.15, -0.1) is 11.8 Å². The predicted octanol–water partition coefficient (Wildman–Crippen LogP) is 4.09. The molecule has 0 aromatic heterocycles. The number of carbonyl (C=O) groups excluding carboxylic acids is 1. The van der Waals surface area contributed by atoms with Gasteiger partial charge in [0, 0.05) is 17.1 Å². The molecule has 0 aliphatic carbocycles. The van der Waals surface area contributed by atoms with Crippen molar-refractivity contribution in [3.63, 3.8) is 0 Å². The van der Waals surface area contributed by atoms with Gasteiger partial charge in [0.05, 0.1) is 0 Å². The molecule has 2 rings (SSSR count). The Bertz CT molecular complexity index is 569. The molecule has 0 spiro atoms. The molecule has 0 atom stereocenters. The first-order chi connectivity index (χ1) is 9.66. The fourth-order valence-electron chi connectivity index (χ4n) is 1.60. The number of nitrogens with one attached hydrogen (secondary N) is 1. The van der Waals surface area contributed by atoms with Gasteiger partial charge in [0.25, 0.3) is 0 Å². The van der Waals surface area contributed by atoms with Crippen LogP contribution >= 0.6 is 11.8 Å². The highest BCUT2D eigenvalue weighted by Gasteiger charge is 2.11. The molecule has 2 aromatic carbocycles. The number of thioether (sulfide) groups is 1. The van der Waals surface area contributed by atoms with Gasteiger partial charge in [-0.25, -0.2) is 8.78 Å². The van der Waals surface area contributed by atoms with Gasteiger partial charge in [-0.1, -0.05) is 24.3 Å². The van der Waals surface area contributed by atoms with Crippen LogP contribution in [0, 0.1) is 11.6 Å². The maximum absolute atomic E-state index is 13.3. The summed E-state index contributed by atoms with van der Waals surface area (Å²) in [6.45, 7) is 0. The molecule has 104 valence electrons. The Labute approximate surface area is 120 Å². The normalized spacial score (nSPS) is 10.3. The molecule has 20 heavy (non-hydrogen) atoms. The molecule has 0 radical (unpaired) electrons. The quantitative estimate of drug-likeness (QED) is 0.841. The number of anilines is 1. The van der Waals surface area contributed by atoms with Crippen molar-refractivity contribution in [1.29, 1.82) is 0 Å². The van der Waals surface area contributed by atoms with Gasteiger partial charge in [0.15, 0.2) is 0 Å². The Morgan fingerprint density at radius 1 is 1.00 bits per heavy atom. The van der Waals surface area contributed by atoms with Crippen LogP contribution < -0.4 is 5.32 Å². The summed E-state index contributed by atoms with van der Waals surface area (Å²) in [5, 5.41) is 2.26. The minimum absolute atomic E-state index is 0.188. The smallest absolute Gasteiger partial charge is 0.225 e. The van der Waals surface area contributed by atoms with Gasteiger partial charge >= 0.3 is 0 Å². The van der Waals surface area contributed by atoms with Crippen molar-refractivity contribution in [3.05, 3.63) is 60.2 Å². The van der Waals surface area contributed by atoms with Crippen LogP contribution in [0.25, 0.3) is 0 Å². The molecule has 0 saturated carbocycles. The minimum Gasteiger partial charge on any atom is -0.321 e. The van der Waals surface area contributed by atoms with E-state index in [0.29, 0.717) is 5.75 Å². The van der Waals surface area contributed by atoms with Crippen LogP contribution in [0.2, 0.25) is 0 Å². The van der Waals surface area contributed by atoms with Crippen molar-refractivity contribution in [3.8, 4) is 0 Å². The largest absolute Gasteiger partial charge is 0.321 e. The molecule has 0 heterocycles. The summed E-state index contributed by atoms with van der Waals surface area (Å²) in [5.41, 5.74) is -0.387. The van der Waals surface area contributed by atoms with E-state index < -0.39 is 17.5 Å². The molecule has 2 nitrogen and oxygen atoms in total. The van der Waals surface area contributed by atoms with Crippen molar-refractivity contribution in [2.24, 2.45) is 0 Å². The van der Waals surface area contributed by atoms with Gasteiger partial charge < -0.3 is 5.32 Å². The Morgan fingerprint density at radius 2 is 1.65 bits per heavy atom. The Hall–Kier alpha value is -1.88. The fraction of sp³-hybridized carbons (Fsp3) is 0.133. The van der Waals surface area contributed by atoms with E-state index in [-0.39, 0.29) is 12.1 Å². The maximum atomic E-state index is 13.3. The SMILES string of the molecule is O=C(CCSc1ccccc1)Nc1c(F)cccc1F. The molecule has 0 saturated heterocycles. The van der Waals surface area contributed by atoms with Crippen LogP contribution in [0.4, 0.5) is 14.5 Å². The lowest BCUT2D eigenvalue weighted by molar-refractivity contribution is -0.115. The molecule has 1 N–H and O–H groups in total. The van der Waals surface area contributed by atoms with E-state index in [0.717, 1.165) is 17.0 Å². The lowest BCUT2D eigenvalue weighted by Gasteiger charge is -2.07. The third-order valence-corrected chi connectivity index (χ3v) is 3.58. The summed E-state index contributed by atoms with van der Waals surface area (Å²) < 4.78 is 26.7. The average molecular weight is 293 g/mol. The summed E-state index contributed by atoms with van der Waals surface area (Å²) in [4.78, 5) is 12.7. The molecule has 0 fully saturated rings. The standard InChI is InChI=1S/C15H13F2NOS/c16-12-7-4-8-13(17)15(12)18-14(19)9-10-20-11-5-2-1-3-6-11/h1-8H,9-10H2,(H,18,19). The Morgan fingerprint density at radius 3 is 2.30 bits per heavy atom. The lowest BCUT2D eigenvalue weighted by Crippen LogP contribution is -2.14. The fourth-order valence-corrected chi connectivity index (χ4v) is 2.47. The zero-order valence-corrected chi connectivity index (χ0v) is 11.4. The molecule has 1 amide bonds. The van der Waals surface area contributed by atoms with Gasteiger partial charge in [-0.2, -0.15) is 0 Å². The number of benzene rings is 2. The molecule has 0 aliphatic heterocycles. The number of amides is 1. The second-order valence-electron chi connectivity index (χ2n) is 4.06. The van der Waals surface area contributed by atoms with E-state index in [2.05, 4.69) is 5.32 Å². The Kier molecular flexibility index (Phi) is 5.12. The highest BCUT2D eigenvalue weighted by Crippen LogP contribution is 2.20. The van der Waals surface area contributed by atoms with Crippen molar-refractivity contribution in [1.82, 2.24) is 0 Å². The van der Waals surface area contributed by atoms with Crippen LogP contribution in [0.15, 0.2) is 53.4 Å². The second kappa shape index (κ2) is 7.05. The molecule has 0 aliphatic rings. The maximum Gasteiger partial charge on any atom is 0.225 e. The van der Waals surface area contributed by atoms with E-state index in [1.54, 1.807) is 0 Å². The third-order valence-electron chi connectivity index (χ3n) is 2.57. The van der Waals surface area contributed by atoms with E-state index in [1.165, 1.54) is 17.8 Å². The number of carbonyl (C=O) groups is 1. The van der Waals surface area contributed by atoms with Crippen molar-refractivity contribution in [2.45, 2.75) is 11.3 Å². The molecule has 0 unspecified atom stereocenters. The summed E-state index contributed by atoms with van der Waals surface area (Å²) in [6, 6.07) is 13.1. The number of hydrogen-bond acceptors (Lipinski definition) is 2. The van der Waals surface area contributed by atoms with Gasteiger partial charge in [0.1, 0.15) is 17.3 Å². The zero-order chi connectivity index (χ0) is 14.4. The Balaban J connectivity index is 1.84. The van der Waals surface area contributed by atoms with Gasteiger partial charge in [0.2, 0.25) is 5.91 Å². The van der Waals surface area contributed by atoms with Crippen molar-refractivity contribution in [2.75, 3.05) is 11.1 Å². The highest BCUT2D eigenvalue weighted by molar-refractivity contribution is 7.99. The van der Waals surface area contributed by atoms with Crippen LogP contribution in [0.3, 0.4) is 0 Å². The topological polar surface area (TPSA) is 29.1 Å². The molecule has 5 heteroatoms. The number of rotatable bonds is 5. The molecular weight excluding hydrogens is 280 g/mol. The predicted molar refractivity (Wildman–Crippen MR) is 76.8 cm³/mol. The third kappa shape index (κ3) is 4.06. The molecular formula is C15H13F2NOS. The summed E-state index contributed by atoms with van der Waals surface area (Å²) in [6.07, 6.45) is 0.188. The van der Waals surface area contributed by atoms with E-state index >= 15 is 0 Å². The minimum atomic E-state index is -0.769.